The van der Waals surface area contributed by atoms with Crippen LogP contribution in [0.15, 0.2) is 5.38 Å². The molecule has 2 saturated heterocycles. The van der Waals surface area contributed by atoms with Crippen LogP contribution in [0.1, 0.15) is 30.0 Å². The molecule has 0 spiro atoms. The van der Waals surface area contributed by atoms with Crippen LogP contribution in [0.2, 0.25) is 0 Å². The Balaban J connectivity index is 1.77. The molecule has 128 valence electrons. The summed E-state index contributed by atoms with van der Waals surface area (Å²) in [4.78, 5) is 21.1. The summed E-state index contributed by atoms with van der Waals surface area (Å²) in [5, 5.41) is 22.4. The number of aliphatic hydroxyl groups excluding tert-OH is 1. The molecule has 0 aromatic carbocycles. The van der Waals surface area contributed by atoms with E-state index in [0.717, 1.165) is 49.6 Å². The molecule has 2 fully saturated rings. The maximum absolute atomic E-state index is 12.1. The topological polar surface area (TPSA) is 76.9 Å². The van der Waals surface area contributed by atoms with Crippen LogP contribution in [0.4, 0.5) is 0 Å². The molecule has 0 amide bonds. The van der Waals surface area contributed by atoms with E-state index >= 15 is 0 Å². The smallest absolute Gasteiger partial charge is 0.312 e. The first-order chi connectivity index (χ1) is 11.0. The lowest BCUT2D eigenvalue weighted by molar-refractivity contribution is -0.164. The first-order valence-electron chi connectivity index (χ1n) is 8.27. The Labute approximate surface area is 140 Å². The highest BCUT2D eigenvalue weighted by Gasteiger charge is 2.53. The van der Waals surface area contributed by atoms with Gasteiger partial charge in [0.25, 0.3) is 0 Å². The molecule has 3 heterocycles. The minimum atomic E-state index is -0.712. The number of β-amino-alcohol motifs (C(OH)–C–C–N with tert-alkyl or cyclic N) is 1. The number of nitrogens with zero attached hydrogens (tertiary/aromatic N) is 3. The fraction of sp³-hybridized carbons (Fsp3) is 0.750. The first-order valence-corrected chi connectivity index (χ1v) is 9.15. The second kappa shape index (κ2) is 6.84. The Kier molecular flexibility index (Phi) is 5.01. The molecule has 0 radical (unpaired) electrons. The van der Waals surface area contributed by atoms with Crippen molar-refractivity contribution in [1.82, 2.24) is 14.8 Å². The molecule has 2 N–H and O–H groups in total. The number of thiazole rings is 1. The van der Waals surface area contributed by atoms with Crippen LogP contribution >= 0.6 is 11.3 Å². The van der Waals surface area contributed by atoms with Gasteiger partial charge in [0.1, 0.15) is 0 Å². The number of rotatable bonds is 5. The number of aryl methyl sites for hydroxylation is 1. The van der Waals surface area contributed by atoms with E-state index in [1.54, 1.807) is 11.3 Å². The van der Waals surface area contributed by atoms with Gasteiger partial charge in [-0.3, -0.25) is 14.6 Å². The minimum absolute atomic E-state index is 0.0364. The molecule has 0 saturated carbocycles. The van der Waals surface area contributed by atoms with Crippen molar-refractivity contribution in [3.63, 3.8) is 0 Å². The van der Waals surface area contributed by atoms with E-state index in [9.17, 15) is 15.0 Å². The summed E-state index contributed by atoms with van der Waals surface area (Å²) in [6.45, 7) is 5.74. The molecule has 6 nitrogen and oxygen atoms in total. The zero-order valence-corrected chi connectivity index (χ0v) is 14.4. The number of aliphatic hydroxyl groups is 1. The minimum Gasteiger partial charge on any atom is -0.481 e. The second-order valence-corrected chi connectivity index (χ2v) is 7.76. The maximum atomic E-state index is 12.1. The lowest BCUT2D eigenvalue weighted by Gasteiger charge is -2.52. The van der Waals surface area contributed by atoms with Crippen molar-refractivity contribution in [2.75, 3.05) is 32.8 Å². The van der Waals surface area contributed by atoms with Gasteiger partial charge in [0.2, 0.25) is 0 Å². The summed E-state index contributed by atoms with van der Waals surface area (Å²) in [7, 11) is 0. The van der Waals surface area contributed by atoms with E-state index in [1.165, 1.54) is 0 Å². The monoisotopic (exact) mass is 339 g/mol. The molecule has 1 aromatic rings. The molecule has 0 aliphatic carbocycles. The van der Waals surface area contributed by atoms with E-state index in [0.29, 0.717) is 13.1 Å². The number of fused-ring (bicyclic) bond motifs is 1. The van der Waals surface area contributed by atoms with Gasteiger partial charge in [-0.2, -0.15) is 0 Å². The van der Waals surface area contributed by atoms with Gasteiger partial charge in [0, 0.05) is 37.6 Å². The van der Waals surface area contributed by atoms with E-state index in [-0.39, 0.29) is 12.6 Å². The quantitative estimate of drug-likeness (QED) is 0.839. The SMILES string of the molecule is Cc1nc(CN2CC[C@H]3N(CCO)CCC[C@]3(C(=O)O)C2)cs1. The molecule has 3 rings (SSSR count). The molecule has 7 heteroatoms. The molecule has 0 unspecified atom stereocenters. The molecular formula is C16H25N3O3S. The van der Waals surface area contributed by atoms with Gasteiger partial charge in [-0.15, -0.1) is 11.3 Å². The van der Waals surface area contributed by atoms with Crippen molar-refractivity contribution in [2.45, 2.75) is 38.8 Å². The molecule has 23 heavy (non-hydrogen) atoms. The van der Waals surface area contributed by atoms with Crippen molar-refractivity contribution in [1.29, 1.82) is 0 Å². The Morgan fingerprint density at radius 1 is 1.52 bits per heavy atom. The molecule has 1 aromatic heterocycles. The van der Waals surface area contributed by atoms with Gasteiger partial charge in [-0.25, -0.2) is 4.98 Å². The van der Waals surface area contributed by atoms with E-state index in [4.69, 9.17) is 0 Å². The van der Waals surface area contributed by atoms with E-state index in [1.807, 2.05) is 6.92 Å². The standard InChI is InChI=1S/C16H25N3O3S/c1-12-17-13(10-23-12)9-18-6-3-14-16(11-18,15(21)22)4-2-5-19(14)7-8-20/h10,14,20H,2-9,11H2,1H3,(H,21,22)/t14-,16+/m1/s1. The van der Waals surface area contributed by atoms with E-state index in [2.05, 4.69) is 20.2 Å². The van der Waals surface area contributed by atoms with Crippen LogP contribution in [0, 0.1) is 12.3 Å². The van der Waals surface area contributed by atoms with Gasteiger partial charge in [0.05, 0.1) is 22.7 Å². The van der Waals surface area contributed by atoms with Gasteiger partial charge in [-0.1, -0.05) is 0 Å². The van der Waals surface area contributed by atoms with Crippen LogP contribution in [0.25, 0.3) is 0 Å². The molecular weight excluding hydrogens is 314 g/mol. The molecule has 2 aliphatic rings. The third-order valence-electron chi connectivity index (χ3n) is 5.24. The van der Waals surface area contributed by atoms with Crippen LogP contribution < -0.4 is 0 Å². The number of carboxylic acid groups (broad SMARTS) is 1. The third-order valence-corrected chi connectivity index (χ3v) is 6.06. The summed E-state index contributed by atoms with van der Waals surface area (Å²) >= 11 is 1.64. The number of piperidine rings is 2. The largest absolute Gasteiger partial charge is 0.481 e. The van der Waals surface area contributed by atoms with Crippen LogP contribution in [-0.2, 0) is 11.3 Å². The van der Waals surface area contributed by atoms with Crippen molar-refractivity contribution < 1.29 is 15.0 Å². The van der Waals surface area contributed by atoms with Crippen molar-refractivity contribution in [3.8, 4) is 0 Å². The predicted octanol–water partition coefficient (Wildman–Crippen LogP) is 1.18. The van der Waals surface area contributed by atoms with Crippen molar-refractivity contribution >= 4 is 17.3 Å². The van der Waals surface area contributed by atoms with Crippen LogP contribution in [-0.4, -0.2) is 69.8 Å². The van der Waals surface area contributed by atoms with Crippen LogP contribution in [0.5, 0.6) is 0 Å². The van der Waals surface area contributed by atoms with Crippen molar-refractivity contribution in [3.05, 3.63) is 16.1 Å². The van der Waals surface area contributed by atoms with E-state index < -0.39 is 11.4 Å². The lowest BCUT2D eigenvalue weighted by atomic mass is 9.69. The van der Waals surface area contributed by atoms with Crippen LogP contribution in [0.3, 0.4) is 0 Å². The number of carboxylic acids is 1. The average Bonchev–Trinajstić information content (AvgIpc) is 2.92. The lowest BCUT2D eigenvalue weighted by Crippen LogP contribution is -2.64. The Hall–Kier alpha value is -1.02. The number of carbonyl (C=O) groups is 1. The fourth-order valence-electron chi connectivity index (χ4n) is 4.25. The fourth-order valence-corrected chi connectivity index (χ4v) is 4.86. The Morgan fingerprint density at radius 2 is 2.35 bits per heavy atom. The number of aliphatic carboxylic acids is 1. The zero-order chi connectivity index (χ0) is 16.4. The van der Waals surface area contributed by atoms with Gasteiger partial charge in [-0.05, 0) is 32.7 Å². The summed E-state index contributed by atoms with van der Waals surface area (Å²) in [5.41, 5.74) is 0.325. The van der Waals surface area contributed by atoms with Gasteiger partial charge in [0.15, 0.2) is 0 Å². The highest BCUT2D eigenvalue weighted by molar-refractivity contribution is 7.09. The average molecular weight is 339 g/mol. The summed E-state index contributed by atoms with van der Waals surface area (Å²) in [5.74, 6) is -0.690. The number of likely N-dealkylation sites (tertiary alicyclic amines) is 2. The summed E-state index contributed by atoms with van der Waals surface area (Å²) in [6.07, 6.45) is 2.45. The third kappa shape index (κ3) is 3.28. The van der Waals surface area contributed by atoms with Gasteiger partial charge < -0.3 is 10.2 Å². The molecule has 2 aliphatic heterocycles. The molecule has 2 atom stereocenters. The summed E-state index contributed by atoms with van der Waals surface area (Å²) < 4.78 is 0. The first kappa shape index (κ1) is 16.8. The normalized spacial score (nSPS) is 29.4. The highest BCUT2D eigenvalue weighted by atomic mass is 32.1. The highest BCUT2D eigenvalue weighted by Crippen LogP contribution is 2.42. The van der Waals surface area contributed by atoms with Crippen molar-refractivity contribution in [2.24, 2.45) is 5.41 Å². The maximum Gasteiger partial charge on any atom is 0.312 e. The Morgan fingerprint density at radius 3 is 3.00 bits per heavy atom. The number of hydrogen-bond donors (Lipinski definition) is 2. The second-order valence-electron chi connectivity index (χ2n) is 6.70. The summed E-state index contributed by atoms with van der Waals surface area (Å²) in [6, 6.07) is 0.0364. The predicted molar refractivity (Wildman–Crippen MR) is 88.5 cm³/mol. The molecule has 0 bridgehead atoms. The zero-order valence-electron chi connectivity index (χ0n) is 13.6. The number of hydrogen-bond acceptors (Lipinski definition) is 6. The van der Waals surface area contributed by atoms with Gasteiger partial charge >= 0.3 is 5.97 Å². The number of aromatic nitrogens is 1. The Bertz CT molecular complexity index is 563.